The summed E-state index contributed by atoms with van der Waals surface area (Å²) in [6.07, 6.45) is 2.04. The van der Waals surface area contributed by atoms with Crippen LogP contribution in [0.5, 0.6) is 0 Å². The van der Waals surface area contributed by atoms with E-state index in [1.165, 1.54) is 5.56 Å². The average Bonchev–Trinajstić information content (AvgIpc) is 2.84. The Balaban J connectivity index is 1.96. The van der Waals surface area contributed by atoms with Gasteiger partial charge in [0.1, 0.15) is 5.84 Å². The monoisotopic (exact) mass is 283 g/mol. The van der Waals surface area contributed by atoms with Gasteiger partial charge in [-0.2, -0.15) is 0 Å². The van der Waals surface area contributed by atoms with Crippen molar-refractivity contribution in [2.45, 2.75) is 6.54 Å². The Morgan fingerprint density at radius 1 is 1.10 bits per heavy atom. The van der Waals surface area contributed by atoms with E-state index in [2.05, 4.69) is 4.57 Å². The van der Waals surface area contributed by atoms with E-state index in [-0.39, 0.29) is 5.84 Å². The smallest absolute Gasteiger partial charge is 0.122 e. The molecule has 3 nitrogen and oxygen atoms in total. The lowest BCUT2D eigenvalue weighted by atomic mass is 10.1. The van der Waals surface area contributed by atoms with Gasteiger partial charge in [-0.25, -0.2) is 0 Å². The number of halogens is 1. The maximum atomic E-state index is 7.48. The molecule has 2 aromatic carbocycles. The van der Waals surface area contributed by atoms with Gasteiger partial charge < -0.3 is 10.3 Å². The molecule has 4 heteroatoms. The van der Waals surface area contributed by atoms with Crippen molar-refractivity contribution in [3.8, 4) is 0 Å². The number of nitrogens with one attached hydrogen (secondary N) is 1. The van der Waals surface area contributed by atoms with E-state index >= 15 is 0 Å². The Hall–Kier alpha value is -2.26. The minimum absolute atomic E-state index is 0.0948. The number of nitrogen functional groups attached to an aromatic ring is 1. The summed E-state index contributed by atoms with van der Waals surface area (Å²) >= 11 is 5.90. The number of fused-ring (bicyclic) bond motifs is 1. The third-order valence-electron chi connectivity index (χ3n) is 3.35. The zero-order valence-electron chi connectivity index (χ0n) is 10.8. The molecular formula is C16H14ClN3. The number of rotatable bonds is 3. The summed E-state index contributed by atoms with van der Waals surface area (Å²) in [6, 6.07) is 15.7. The van der Waals surface area contributed by atoms with Crippen molar-refractivity contribution in [2.75, 3.05) is 0 Å². The van der Waals surface area contributed by atoms with Gasteiger partial charge in [0.2, 0.25) is 0 Å². The van der Waals surface area contributed by atoms with Crippen molar-refractivity contribution in [2.24, 2.45) is 5.73 Å². The molecule has 0 aliphatic heterocycles. The maximum Gasteiger partial charge on any atom is 0.122 e. The van der Waals surface area contributed by atoms with Gasteiger partial charge in [0, 0.05) is 34.2 Å². The van der Waals surface area contributed by atoms with E-state index in [1.54, 1.807) is 0 Å². The van der Waals surface area contributed by atoms with Crippen LogP contribution < -0.4 is 5.73 Å². The molecule has 0 unspecified atom stereocenters. The summed E-state index contributed by atoms with van der Waals surface area (Å²) in [5.41, 5.74) is 8.59. The molecule has 0 bridgehead atoms. The van der Waals surface area contributed by atoms with Crippen molar-refractivity contribution in [1.82, 2.24) is 4.57 Å². The molecule has 3 aromatic rings. The number of hydrogen-bond acceptors (Lipinski definition) is 1. The van der Waals surface area contributed by atoms with E-state index in [4.69, 9.17) is 22.7 Å². The predicted molar refractivity (Wildman–Crippen MR) is 83.5 cm³/mol. The molecule has 3 rings (SSSR count). The summed E-state index contributed by atoms with van der Waals surface area (Å²) in [5.74, 6) is 0.0948. The topological polar surface area (TPSA) is 54.8 Å². The van der Waals surface area contributed by atoms with E-state index in [1.807, 2.05) is 54.7 Å². The summed E-state index contributed by atoms with van der Waals surface area (Å²) in [4.78, 5) is 0. The second kappa shape index (κ2) is 5.02. The van der Waals surface area contributed by atoms with Gasteiger partial charge in [0.15, 0.2) is 0 Å². The van der Waals surface area contributed by atoms with Crippen LogP contribution in [0.15, 0.2) is 54.7 Å². The standard InChI is InChI=1S/C16H14ClN3/c17-14-4-1-11(2-5-14)10-20-8-7-12-9-13(16(18)19)3-6-15(12)20/h1-9H,10H2,(H3,18,19). The highest BCUT2D eigenvalue weighted by Crippen LogP contribution is 2.19. The normalized spacial score (nSPS) is 10.8. The first kappa shape index (κ1) is 12.8. The van der Waals surface area contributed by atoms with Gasteiger partial charge in [0.25, 0.3) is 0 Å². The van der Waals surface area contributed by atoms with E-state index in [9.17, 15) is 0 Å². The molecule has 1 heterocycles. The maximum absolute atomic E-state index is 7.48. The van der Waals surface area contributed by atoms with Crippen LogP contribution >= 0.6 is 11.6 Å². The van der Waals surface area contributed by atoms with Gasteiger partial charge in [0.05, 0.1) is 0 Å². The molecule has 100 valence electrons. The molecule has 20 heavy (non-hydrogen) atoms. The highest BCUT2D eigenvalue weighted by Gasteiger charge is 2.04. The highest BCUT2D eigenvalue weighted by molar-refractivity contribution is 6.30. The van der Waals surface area contributed by atoms with Crippen molar-refractivity contribution >= 4 is 28.3 Å². The number of nitrogens with two attached hydrogens (primary N) is 1. The molecule has 3 N–H and O–H groups in total. The average molecular weight is 284 g/mol. The van der Waals surface area contributed by atoms with Crippen molar-refractivity contribution in [3.63, 3.8) is 0 Å². The minimum Gasteiger partial charge on any atom is -0.384 e. The molecular weight excluding hydrogens is 270 g/mol. The first-order chi connectivity index (χ1) is 9.63. The van der Waals surface area contributed by atoms with Crippen LogP contribution in [-0.4, -0.2) is 10.4 Å². The molecule has 0 aliphatic rings. The number of amidine groups is 1. The highest BCUT2D eigenvalue weighted by atomic mass is 35.5. The number of nitrogens with zero attached hydrogens (tertiary/aromatic N) is 1. The Labute approximate surface area is 122 Å². The fourth-order valence-corrected chi connectivity index (χ4v) is 2.42. The van der Waals surface area contributed by atoms with Crippen LogP contribution in [0.4, 0.5) is 0 Å². The lowest BCUT2D eigenvalue weighted by molar-refractivity contribution is 0.837. The fraction of sp³-hybridized carbons (Fsp3) is 0.0625. The first-order valence-corrected chi connectivity index (χ1v) is 6.69. The molecule has 0 amide bonds. The van der Waals surface area contributed by atoms with Crippen molar-refractivity contribution < 1.29 is 0 Å². The van der Waals surface area contributed by atoms with Crippen molar-refractivity contribution in [1.29, 1.82) is 5.41 Å². The van der Waals surface area contributed by atoms with Gasteiger partial charge >= 0.3 is 0 Å². The molecule has 0 saturated heterocycles. The van der Waals surface area contributed by atoms with E-state index in [0.29, 0.717) is 0 Å². The van der Waals surface area contributed by atoms with Gasteiger partial charge in [-0.15, -0.1) is 0 Å². The summed E-state index contributed by atoms with van der Waals surface area (Å²) < 4.78 is 2.17. The number of benzene rings is 2. The number of hydrogen-bond donors (Lipinski definition) is 2. The van der Waals surface area contributed by atoms with Crippen LogP contribution in [0.25, 0.3) is 10.9 Å². The molecule has 0 fully saturated rings. The number of aromatic nitrogens is 1. The van der Waals surface area contributed by atoms with Gasteiger partial charge in [-0.1, -0.05) is 23.7 Å². The van der Waals surface area contributed by atoms with Gasteiger partial charge in [-0.05, 0) is 42.0 Å². The second-order valence-corrected chi connectivity index (χ2v) is 5.19. The van der Waals surface area contributed by atoms with Crippen LogP contribution in [0.3, 0.4) is 0 Å². The fourth-order valence-electron chi connectivity index (χ4n) is 2.29. The third-order valence-corrected chi connectivity index (χ3v) is 3.60. The molecule has 0 radical (unpaired) electrons. The molecule has 0 saturated carbocycles. The minimum atomic E-state index is 0.0948. The Kier molecular flexibility index (Phi) is 3.20. The lowest BCUT2D eigenvalue weighted by Crippen LogP contribution is -2.10. The molecule has 0 spiro atoms. The predicted octanol–water partition coefficient (Wildman–Crippen LogP) is 3.63. The lowest BCUT2D eigenvalue weighted by Gasteiger charge is -2.06. The largest absolute Gasteiger partial charge is 0.384 e. The molecule has 0 atom stereocenters. The quantitative estimate of drug-likeness (QED) is 0.560. The third kappa shape index (κ3) is 2.40. The second-order valence-electron chi connectivity index (χ2n) is 4.76. The Morgan fingerprint density at radius 3 is 2.55 bits per heavy atom. The van der Waals surface area contributed by atoms with Crippen LogP contribution in [-0.2, 0) is 6.54 Å². The SMILES string of the molecule is N=C(N)c1ccc2c(ccn2Cc2ccc(Cl)cc2)c1. The van der Waals surface area contributed by atoms with Crippen molar-refractivity contribution in [3.05, 3.63) is 70.9 Å². The van der Waals surface area contributed by atoms with E-state index < -0.39 is 0 Å². The summed E-state index contributed by atoms with van der Waals surface area (Å²) in [7, 11) is 0. The zero-order valence-corrected chi connectivity index (χ0v) is 11.6. The van der Waals surface area contributed by atoms with Crippen LogP contribution in [0.2, 0.25) is 5.02 Å². The van der Waals surface area contributed by atoms with Crippen LogP contribution in [0.1, 0.15) is 11.1 Å². The Bertz CT molecular complexity index is 772. The molecule has 1 aromatic heterocycles. The van der Waals surface area contributed by atoms with Gasteiger partial charge in [-0.3, -0.25) is 5.41 Å². The Morgan fingerprint density at radius 2 is 1.85 bits per heavy atom. The summed E-state index contributed by atoms with van der Waals surface area (Å²) in [6.45, 7) is 0.792. The van der Waals surface area contributed by atoms with Crippen LogP contribution in [0, 0.1) is 5.41 Å². The summed E-state index contributed by atoms with van der Waals surface area (Å²) in [5, 5.41) is 9.31. The first-order valence-electron chi connectivity index (χ1n) is 6.31. The zero-order chi connectivity index (χ0) is 14.1. The van der Waals surface area contributed by atoms with E-state index in [0.717, 1.165) is 28.0 Å². The molecule has 0 aliphatic carbocycles.